The second-order valence-corrected chi connectivity index (χ2v) is 6.99. The van der Waals surface area contributed by atoms with Gasteiger partial charge in [-0.3, -0.25) is 0 Å². The molecule has 6 heteroatoms. The predicted octanol–water partition coefficient (Wildman–Crippen LogP) is 2.46. The van der Waals surface area contributed by atoms with Crippen LogP contribution in [0.5, 0.6) is 0 Å². The molecule has 1 aromatic rings. The number of hydrogen-bond acceptors (Lipinski definition) is 4. The van der Waals surface area contributed by atoms with Gasteiger partial charge in [0, 0.05) is 4.90 Å². The molecular formula is C12H20N2O2S2. The zero-order chi connectivity index (χ0) is 13.6. The number of nitrogens with one attached hydrogen (secondary N) is 1. The fraction of sp³-hybridized carbons (Fsp3) is 0.500. The first-order valence-corrected chi connectivity index (χ1v) is 8.44. The van der Waals surface area contributed by atoms with Gasteiger partial charge in [0.1, 0.15) is 4.90 Å². The molecule has 1 aromatic carbocycles. The van der Waals surface area contributed by atoms with E-state index in [4.69, 9.17) is 5.73 Å². The molecule has 0 unspecified atom stereocenters. The Labute approximate surface area is 113 Å². The van der Waals surface area contributed by atoms with Gasteiger partial charge in [0.15, 0.2) is 0 Å². The van der Waals surface area contributed by atoms with Crippen molar-refractivity contribution in [2.75, 3.05) is 18.5 Å². The second-order valence-electron chi connectivity index (χ2n) is 3.96. The van der Waals surface area contributed by atoms with Crippen LogP contribution in [0.4, 0.5) is 5.69 Å². The van der Waals surface area contributed by atoms with Gasteiger partial charge in [-0.05, 0) is 37.4 Å². The lowest BCUT2D eigenvalue weighted by molar-refractivity contribution is 0.588. The maximum atomic E-state index is 11.6. The highest BCUT2D eigenvalue weighted by molar-refractivity contribution is 7.99. The monoisotopic (exact) mass is 288 g/mol. The minimum atomic E-state index is -3.46. The minimum absolute atomic E-state index is 0.142. The molecule has 0 fully saturated rings. The van der Waals surface area contributed by atoms with E-state index in [2.05, 4.69) is 11.6 Å². The summed E-state index contributed by atoms with van der Waals surface area (Å²) in [5.41, 5.74) is 6.08. The number of thioether (sulfide) groups is 1. The third kappa shape index (κ3) is 4.19. The highest BCUT2D eigenvalue weighted by Gasteiger charge is 2.15. The molecule has 1 rings (SSSR count). The van der Waals surface area contributed by atoms with Gasteiger partial charge in [-0.2, -0.15) is 0 Å². The summed E-state index contributed by atoms with van der Waals surface area (Å²) in [5, 5.41) is 0. The molecule has 0 aromatic heterocycles. The van der Waals surface area contributed by atoms with Gasteiger partial charge in [-0.1, -0.05) is 19.8 Å². The number of nitrogens with two attached hydrogens (primary N) is 1. The summed E-state index contributed by atoms with van der Waals surface area (Å²) >= 11 is 1.71. The molecule has 102 valence electrons. The van der Waals surface area contributed by atoms with Crippen molar-refractivity contribution in [3.8, 4) is 0 Å². The van der Waals surface area contributed by atoms with Gasteiger partial charge in [0.2, 0.25) is 10.0 Å². The fourth-order valence-corrected chi connectivity index (χ4v) is 3.31. The number of unbranched alkanes of at least 4 members (excludes halogenated alkanes) is 2. The van der Waals surface area contributed by atoms with Crippen molar-refractivity contribution in [1.82, 2.24) is 4.72 Å². The standard InChI is InChI=1S/C12H20N2O2S2/c1-3-4-5-8-17-10-6-7-12(11(13)9-10)18(15,16)14-2/h6-7,9,14H,3-5,8,13H2,1-2H3. The third-order valence-electron chi connectivity index (χ3n) is 2.56. The molecule has 0 atom stereocenters. The molecule has 0 aliphatic rings. The summed E-state index contributed by atoms with van der Waals surface area (Å²) in [6, 6.07) is 5.08. The first-order valence-electron chi connectivity index (χ1n) is 5.97. The van der Waals surface area contributed by atoms with E-state index in [1.165, 1.54) is 19.9 Å². The van der Waals surface area contributed by atoms with Crippen LogP contribution in [0, 0.1) is 0 Å². The number of hydrogen-bond donors (Lipinski definition) is 2. The van der Waals surface area contributed by atoms with Crippen LogP contribution in [0.2, 0.25) is 0 Å². The Morgan fingerprint density at radius 2 is 2.06 bits per heavy atom. The van der Waals surface area contributed by atoms with Crippen LogP contribution >= 0.6 is 11.8 Å². The molecular weight excluding hydrogens is 268 g/mol. The van der Waals surface area contributed by atoms with Crippen LogP contribution in [0.1, 0.15) is 26.2 Å². The summed E-state index contributed by atoms with van der Waals surface area (Å²) in [6.07, 6.45) is 3.58. The highest BCUT2D eigenvalue weighted by atomic mass is 32.2. The number of benzene rings is 1. The summed E-state index contributed by atoms with van der Waals surface area (Å²) in [6.45, 7) is 2.17. The second kappa shape index (κ2) is 7.01. The first-order chi connectivity index (χ1) is 8.51. The lowest BCUT2D eigenvalue weighted by atomic mass is 10.3. The van der Waals surface area contributed by atoms with E-state index in [9.17, 15) is 8.42 Å². The summed E-state index contributed by atoms with van der Waals surface area (Å²) in [5.74, 6) is 1.03. The van der Waals surface area contributed by atoms with E-state index in [-0.39, 0.29) is 4.90 Å². The van der Waals surface area contributed by atoms with Crippen molar-refractivity contribution in [3.63, 3.8) is 0 Å². The average Bonchev–Trinajstić information content (AvgIpc) is 2.34. The first kappa shape index (κ1) is 15.3. The van der Waals surface area contributed by atoms with Crippen LogP contribution in [-0.4, -0.2) is 21.2 Å². The Balaban J connectivity index is 2.74. The SMILES string of the molecule is CCCCCSc1ccc(S(=O)(=O)NC)c(N)c1. The van der Waals surface area contributed by atoms with Gasteiger partial charge in [-0.15, -0.1) is 11.8 Å². The number of rotatable bonds is 7. The van der Waals surface area contributed by atoms with Gasteiger partial charge in [0.25, 0.3) is 0 Å². The van der Waals surface area contributed by atoms with E-state index < -0.39 is 10.0 Å². The maximum absolute atomic E-state index is 11.6. The largest absolute Gasteiger partial charge is 0.398 e. The van der Waals surface area contributed by atoms with Crippen molar-refractivity contribution in [2.45, 2.75) is 36.0 Å². The van der Waals surface area contributed by atoms with Crippen molar-refractivity contribution >= 4 is 27.5 Å². The smallest absolute Gasteiger partial charge is 0.242 e. The number of anilines is 1. The lowest BCUT2D eigenvalue weighted by Gasteiger charge is -2.08. The van der Waals surface area contributed by atoms with E-state index in [1.807, 2.05) is 0 Å². The van der Waals surface area contributed by atoms with E-state index in [0.717, 1.165) is 17.1 Å². The quantitative estimate of drug-likeness (QED) is 0.459. The Morgan fingerprint density at radius 1 is 1.33 bits per heavy atom. The normalized spacial score (nSPS) is 11.7. The topological polar surface area (TPSA) is 72.2 Å². The van der Waals surface area contributed by atoms with E-state index in [1.54, 1.807) is 30.0 Å². The Bertz CT molecular complexity index is 487. The van der Waals surface area contributed by atoms with Crippen LogP contribution < -0.4 is 10.5 Å². The third-order valence-corrected chi connectivity index (χ3v) is 5.12. The van der Waals surface area contributed by atoms with Gasteiger partial charge < -0.3 is 5.73 Å². The Kier molecular flexibility index (Phi) is 5.98. The molecule has 0 bridgehead atoms. The maximum Gasteiger partial charge on any atom is 0.242 e. The molecule has 18 heavy (non-hydrogen) atoms. The molecule has 0 amide bonds. The number of nitrogen functional groups attached to an aromatic ring is 1. The molecule has 0 spiro atoms. The molecule has 0 heterocycles. The predicted molar refractivity (Wildman–Crippen MR) is 77.3 cm³/mol. The van der Waals surface area contributed by atoms with Crippen LogP contribution in [-0.2, 0) is 10.0 Å². The summed E-state index contributed by atoms with van der Waals surface area (Å²) in [4.78, 5) is 1.15. The Hall–Kier alpha value is -0.720. The fourth-order valence-electron chi connectivity index (χ4n) is 1.51. The summed E-state index contributed by atoms with van der Waals surface area (Å²) in [7, 11) is -2.08. The zero-order valence-corrected chi connectivity index (χ0v) is 12.4. The van der Waals surface area contributed by atoms with E-state index >= 15 is 0 Å². The molecule has 0 saturated heterocycles. The molecule has 0 saturated carbocycles. The molecule has 0 aliphatic heterocycles. The zero-order valence-electron chi connectivity index (χ0n) is 10.8. The molecule has 3 N–H and O–H groups in total. The Morgan fingerprint density at radius 3 is 2.61 bits per heavy atom. The van der Waals surface area contributed by atoms with E-state index in [0.29, 0.717) is 5.69 Å². The van der Waals surface area contributed by atoms with Crippen LogP contribution in [0.3, 0.4) is 0 Å². The average molecular weight is 288 g/mol. The highest BCUT2D eigenvalue weighted by Crippen LogP contribution is 2.26. The lowest BCUT2D eigenvalue weighted by Crippen LogP contribution is -2.19. The van der Waals surface area contributed by atoms with Crippen LogP contribution in [0.25, 0.3) is 0 Å². The van der Waals surface area contributed by atoms with Crippen molar-refractivity contribution < 1.29 is 8.42 Å². The van der Waals surface area contributed by atoms with Gasteiger partial charge >= 0.3 is 0 Å². The molecule has 0 radical (unpaired) electrons. The van der Waals surface area contributed by atoms with Crippen LogP contribution in [0.15, 0.2) is 28.0 Å². The van der Waals surface area contributed by atoms with Crippen molar-refractivity contribution in [2.24, 2.45) is 0 Å². The van der Waals surface area contributed by atoms with Crippen molar-refractivity contribution in [1.29, 1.82) is 0 Å². The number of sulfonamides is 1. The van der Waals surface area contributed by atoms with Gasteiger partial charge in [0.05, 0.1) is 5.69 Å². The molecule has 0 aliphatic carbocycles. The van der Waals surface area contributed by atoms with Crippen molar-refractivity contribution in [3.05, 3.63) is 18.2 Å². The molecule has 4 nitrogen and oxygen atoms in total. The van der Waals surface area contributed by atoms with Gasteiger partial charge in [-0.25, -0.2) is 13.1 Å². The minimum Gasteiger partial charge on any atom is -0.398 e. The summed E-state index contributed by atoms with van der Waals surface area (Å²) < 4.78 is 25.5.